The molecule has 2 heterocycles. The van der Waals surface area contributed by atoms with Gasteiger partial charge in [-0.05, 0) is 50.1 Å². The van der Waals surface area contributed by atoms with E-state index in [9.17, 15) is 4.79 Å². The molecule has 0 aliphatic carbocycles. The first-order valence-corrected chi connectivity index (χ1v) is 11.2. The molecule has 0 aliphatic heterocycles. The number of benzene rings is 1. The van der Waals surface area contributed by atoms with E-state index in [0.717, 1.165) is 26.8 Å². The Morgan fingerprint density at radius 1 is 1.10 bits per heavy atom. The molecule has 30 heavy (non-hydrogen) atoms. The lowest BCUT2D eigenvalue weighted by Crippen LogP contribution is -2.27. The van der Waals surface area contributed by atoms with Crippen molar-refractivity contribution in [3.8, 4) is 22.1 Å². The third-order valence-electron chi connectivity index (χ3n) is 4.31. The number of thioether (sulfide) groups is 1. The van der Waals surface area contributed by atoms with Gasteiger partial charge in [-0.15, -0.1) is 21.5 Å². The molecule has 1 N–H and O–H groups in total. The number of aryl methyl sites for hydroxylation is 2. The number of ether oxygens (including phenoxy) is 2. The van der Waals surface area contributed by atoms with Gasteiger partial charge in [-0.2, -0.15) is 0 Å². The lowest BCUT2D eigenvalue weighted by atomic mass is 10.1. The van der Waals surface area contributed by atoms with Gasteiger partial charge in [-0.3, -0.25) is 4.79 Å². The molecule has 0 bridgehead atoms. The maximum absolute atomic E-state index is 12.1. The van der Waals surface area contributed by atoms with Gasteiger partial charge in [0.2, 0.25) is 5.91 Å². The van der Waals surface area contributed by atoms with Gasteiger partial charge >= 0.3 is 0 Å². The Bertz CT molecular complexity index is 1010. The third-order valence-corrected chi connectivity index (χ3v) is 6.33. The van der Waals surface area contributed by atoms with Gasteiger partial charge < -0.3 is 14.8 Å². The lowest BCUT2D eigenvalue weighted by Gasteiger charge is -2.10. The number of nitrogens with one attached hydrogen (secondary N) is 1. The zero-order valence-electron chi connectivity index (χ0n) is 17.4. The molecular formula is C21H24N4O3S2. The van der Waals surface area contributed by atoms with Crippen molar-refractivity contribution in [2.45, 2.75) is 25.3 Å². The van der Waals surface area contributed by atoms with Crippen LogP contribution in [0.3, 0.4) is 0 Å². The fourth-order valence-electron chi connectivity index (χ4n) is 2.86. The van der Waals surface area contributed by atoms with E-state index in [1.807, 2.05) is 44.2 Å². The minimum atomic E-state index is -0.0414. The molecule has 0 atom stereocenters. The Morgan fingerprint density at radius 3 is 2.53 bits per heavy atom. The van der Waals surface area contributed by atoms with Crippen LogP contribution in [0.25, 0.3) is 10.6 Å². The average molecular weight is 445 g/mol. The molecule has 158 valence electrons. The number of nitrogens with zero attached hydrogens (tertiary/aromatic N) is 3. The lowest BCUT2D eigenvalue weighted by molar-refractivity contribution is -0.118. The van der Waals surface area contributed by atoms with Gasteiger partial charge in [0.1, 0.15) is 10.7 Å². The highest BCUT2D eigenvalue weighted by Crippen LogP contribution is 2.29. The van der Waals surface area contributed by atoms with E-state index in [2.05, 4.69) is 20.5 Å². The first kappa shape index (κ1) is 22.0. The molecule has 3 aromatic rings. The highest BCUT2D eigenvalue weighted by Gasteiger charge is 2.11. The number of rotatable bonds is 9. The smallest absolute Gasteiger partial charge is 0.230 e. The summed E-state index contributed by atoms with van der Waals surface area (Å²) in [5, 5.41) is 13.2. The second kappa shape index (κ2) is 10.4. The Labute approximate surface area is 184 Å². The topological polar surface area (TPSA) is 86.2 Å². The van der Waals surface area contributed by atoms with E-state index in [4.69, 9.17) is 9.47 Å². The van der Waals surface area contributed by atoms with Gasteiger partial charge in [0, 0.05) is 6.54 Å². The fraction of sp³-hybridized carbons (Fsp3) is 0.333. The van der Waals surface area contributed by atoms with Crippen LogP contribution in [0.5, 0.6) is 11.5 Å². The Balaban J connectivity index is 1.45. The molecular weight excluding hydrogens is 420 g/mol. The van der Waals surface area contributed by atoms with E-state index >= 15 is 0 Å². The number of carbonyl (C=O) groups excluding carboxylic acids is 1. The first-order chi connectivity index (χ1) is 14.5. The standard InChI is InChI=1S/C21H24N4O3S2/c1-13-21(30-14(2)23-13)16-6-8-20(25-24-16)29-12-19(26)22-10-9-15-5-7-17(27-3)18(11-15)28-4/h5-8,11H,9-10,12H2,1-4H3,(H,22,26). The van der Waals surface area contributed by atoms with E-state index in [-0.39, 0.29) is 5.91 Å². The molecule has 0 radical (unpaired) electrons. The van der Waals surface area contributed by atoms with Crippen LogP contribution in [0.15, 0.2) is 35.4 Å². The maximum Gasteiger partial charge on any atom is 0.230 e. The molecule has 0 unspecified atom stereocenters. The maximum atomic E-state index is 12.1. The average Bonchev–Trinajstić information content (AvgIpc) is 3.10. The largest absolute Gasteiger partial charge is 0.493 e. The summed E-state index contributed by atoms with van der Waals surface area (Å²) < 4.78 is 10.5. The van der Waals surface area contributed by atoms with Gasteiger partial charge in [0.25, 0.3) is 0 Å². The first-order valence-electron chi connectivity index (χ1n) is 9.38. The predicted octanol–water partition coefficient (Wildman–Crippen LogP) is 3.69. The van der Waals surface area contributed by atoms with Crippen molar-refractivity contribution in [2.75, 3.05) is 26.5 Å². The third kappa shape index (κ3) is 5.70. The van der Waals surface area contributed by atoms with Crippen molar-refractivity contribution in [1.82, 2.24) is 20.5 Å². The summed E-state index contributed by atoms with van der Waals surface area (Å²) in [7, 11) is 3.21. The van der Waals surface area contributed by atoms with Crippen molar-refractivity contribution in [3.05, 3.63) is 46.6 Å². The Morgan fingerprint density at radius 2 is 1.90 bits per heavy atom. The number of hydrogen-bond donors (Lipinski definition) is 1. The molecule has 7 nitrogen and oxygen atoms in total. The number of hydrogen-bond acceptors (Lipinski definition) is 8. The summed E-state index contributed by atoms with van der Waals surface area (Å²) in [4.78, 5) is 17.6. The number of carbonyl (C=O) groups is 1. The van der Waals surface area contributed by atoms with Crippen molar-refractivity contribution in [3.63, 3.8) is 0 Å². The molecule has 0 saturated heterocycles. The molecule has 2 aromatic heterocycles. The molecule has 0 aliphatic rings. The molecule has 9 heteroatoms. The monoisotopic (exact) mass is 444 g/mol. The Kier molecular flexibility index (Phi) is 7.64. The quantitative estimate of drug-likeness (QED) is 0.504. The van der Waals surface area contributed by atoms with Crippen LogP contribution in [-0.2, 0) is 11.2 Å². The second-order valence-corrected chi connectivity index (χ2v) is 8.68. The minimum Gasteiger partial charge on any atom is -0.493 e. The summed E-state index contributed by atoms with van der Waals surface area (Å²) in [5.74, 6) is 1.62. The number of thiazole rings is 1. The summed E-state index contributed by atoms with van der Waals surface area (Å²) >= 11 is 2.97. The van der Waals surface area contributed by atoms with Gasteiger partial charge in [-0.25, -0.2) is 4.98 Å². The molecule has 0 saturated carbocycles. The van der Waals surface area contributed by atoms with Crippen LogP contribution in [0.2, 0.25) is 0 Å². The van der Waals surface area contributed by atoms with E-state index in [1.165, 1.54) is 11.8 Å². The van der Waals surface area contributed by atoms with Crippen molar-refractivity contribution >= 4 is 29.0 Å². The number of aromatic nitrogens is 3. The summed E-state index contributed by atoms with van der Waals surface area (Å²) in [5.41, 5.74) is 2.83. The predicted molar refractivity (Wildman–Crippen MR) is 120 cm³/mol. The highest BCUT2D eigenvalue weighted by atomic mass is 32.2. The molecule has 1 aromatic carbocycles. The molecule has 0 fully saturated rings. The zero-order chi connectivity index (χ0) is 21.5. The van der Waals surface area contributed by atoms with Crippen LogP contribution < -0.4 is 14.8 Å². The van der Waals surface area contributed by atoms with Gasteiger partial charge in [-0.1, -0.05) is 17.8 Å². The molecule has 1 amide bonds. The van der Waals surface area contributed by atoms with Crippen molar-refractivity contribution < 1.29 is 14.3 Å². The van der Waals surface area contributed by atoms with E-state index in [1.54, 1.807) is 25.6 Å². The molecule has 0 spiro atoms. The SMILES string of the molecule is COc1ccc(CCNC(=O)CSc2ccc(-c3sc(C)nc3C)nn2)cc1OC. The summed E-state index contributed by atoms with van der Waals surface area (Å²) in [6.45, 7) is 4.49. The summed E-state index contributed by atoms with van der Waals surface area (Å²) in [6.07, 6.45) is 0.707. The summed E-state index contributed by atoms with van der Waals surface area (Å²) in [6, 6.07) is 9.56. The second-order valence-electron chi connectivity index (χ2n) is 6.48. The van der Waals surface area contributed by atoms with E-state index < -0.39 is 0 Å². The van der Waals surface area contributed by atoms with Crippen LogP contribution in [0.1, 0.15) is 16.3 Å². The minimum absolute atomic E-state index is 0.0414. The number of amides is 1. The van der Waals surface area contributed by atoms with Crippen LogP contribution in [-0.4, -0.2) is 47.6 Å². The van der Waals surface area contributed by atoms with Crippen LogP contribution >= 0.6 is 23.1 Å². The van der Waals surface area contributed by atoms with Crippen molar-refractivity contribution in [2.24, 2.45) is 0 Å². The van der Waals surface area contributed by atoms with Crippen LogP contribution in [0.4, 0.5) is 0 Å². The number of methoxy groups -OCH3 is 2. The zero-order valence-corrected chi connectivity index (χ0v) is 19.0. The van der Waals surface area contributed by atoms with Crippen LogP contribution in [0, 0.1) is 13.8 Å². The van der Waals surface area contributed by atoms with Gasteiger partial charge in [0.05, 0.1) is 35.6 Å². The van der Waals surface area contributed by atoms with Gasteiger partial charge in [0.15, 0.2) is 11.5 Å². The fourth-order valence-corrected chi connectivity index (χ4v) is 4.39. The highest BCUT2D eigenvalue weighted by molar-refractivity contribution is 7.99. The normalized spacial score (nSPS) is 10.7. The Hall–Kier alpha value is -2.65. The van der Waals surface area contributed by atoms with Crippen molar-refractivity contribution in [1.29, 1.82) is 0 Å². The molecule has 3 rings (SSSR count). The van der Waals surface area contributed by atoms with E-state index in [0.29, 0.717) is 35.2 Å².